The fraction of sp³-hybridized carbons (Fsp3) is 0.412. The zero-order valence-electron chi connectivity index (χ0n) is 13.3. The molecule has 0 fully saturated rings. The third-order valence-corrected chi connectivity index (χ3v) is 4.38. The molecule has 1 aromatic rings. The first-order valence-corrected chi connectivity index (χ1v) is 7.45. The van der Waals surface area contributed by atoms with Crippen LogP contribution in [0.1, 0.15) is 32.3 Å². The maximum absolute atomic E-state index is 12.7. The maximum atomic E-state index is 12.7. The van der Waals surface area contributed by atoms with Gasteiger partial charge < -0.3 is 10.4 Å². The second kappa shape index (κ2) is 6.67. The van der Waals surface area contributed by atoms with Gasteiger partial charge in [-0.25, -0.2) is 0 Å². The Morgan fingerprint density at radius 3 is 2.25 bits per heavy atom. The predicted molar refractivity (Wildman–Crippen MR) is 82.3 cm³/mol. The van der Waals surface area contributed by atoms with Crippen molar-refractivity contribution in [2.75, 3.05) is 5.32 Å². The molecule has 0 saturated heterocycles. The number of alkyl halides is 3. The summed E-state index contributed by atoms with van der Waals surface area (Å²) in [5.41, 5.74) is 1.01. The van der Waals surface area contributed by atoms with E-state index in [0.29, 0.717) is 0 Å². The fourth-order valence-electron chi connectivity index (χ4n) is 2.84. The van der Waals surface area contributed by atoms with Crippen LogP contribution in [0, 0.1) is 11.8 Å². The van der Waals surface area contributed by atoms with Crippen molar-refractivity contribution >= 4 is 17.6 Å². The van der Waals surface area contributed by atoms with Crippen molar-refractivity contribution in [2.24, 2.45) is 11.8 Å². The van der Waals surface area contributed by atoms with Crippen LogP contribution >= 0.6 is 0 Å². The monoisotopic (exact) mass is 341 g/mol. The Morgan fingerprint density at radius 2 is 1.71 bits per heavy atom. The van der Waals surface area contributed by atoms with Crippen molar-refractivity contribution in [3.63, 3.8) is 0 Å². The van der Waals surface area contributed by atoms with Gasteiger partial charge >= 0.3 is 12.1 Å². The summed E-state index contributed by atoms with van der Waals surface area (Å²) in [4.78, 5) is 23.8. The molecule has 0 unspecified atom stereocenters. The molecular weight excluding hydrogens is 323 g/mol. The van der Waals surface area contributed by atoms with Crippen molar-refractivity contribution in [1.29, 1.82) is 0 Å². The van der Waals surface area contributed by atoms with E-state index in [9.17, 15) is 27.9 Å². The lowest BCUT2D eigenvalue weighted by Gasteiger charge is -2.29. The molecule has 4 nitrogen and oxygen atoms in total. The first kappa shape index (κ1) is 18.0. The normalized spacial score (nSPS) is 21.5. The van der Waals surface area contributed by atoms with E-state index in [1.165, 1.54) is 12.1 Å². The van der Waals surface area contributed by atoms with Crippen LogP contribution < -0.4 is 5.32 Å². The lowest BCUT2D eigenvalue weighted by atomic mass is 9.76. The summed E-state index contributed by atoms with van der Waals surface area (Å²) in [6.07, 6.45) is -3.96. The summed E-state index contributed by atoms with van der Waals surface area (Å²) >= 11 is 0. The number of aliphatic carboxylic acids is 1. The number of allylic oxidation sites excluding steroid dienone is 2. The van der Waals surface area contributed by atoms with Crippen LogP contribution in [0.15, 0.2) is 35.4 Å². The molecule has 1 amide bonds. The number of benzene rings is 1. The molecule has 0 bridgehead atoms. The number of hydrogen-bond donors (Lipinski definition) is 2. The summed E-state index contributed by atoms with van der Waals surface area (Å²) in [7, 11) is 0. The standard InChI is InChI=1S/C17H18F3NO3/c1-9-6-13(14(16(23)24)7-10(9)2)15(22)21-12-5-3-4-11(8-12)17(18,19)20/h3-5,8,13-14H,6-7H2,1-2H3,(H,21,22)(H,23,24)/t13-,14+/m0/s1. The van der Waals surface area contributed by atoms with Crippen LogP contribution in [-0.4, -0.2) is 17.0 Å². The second-order valence-electron chi connectivity index (χ2n) is 6.09. The van der Waals surface area contributed by atoms with Gasteiger partial charge in [-0.2, -0.15) is 13.2 Å². The van der Waals surface area contributed by atoms with Gasteiger partial charge in [-0.05, 0) is 44.9 Å². The van der Waals surface area contributed by atoms with Crippen LogP contribution in [0.3, 0.4) is 0 Å². The second-order valence-corrected chi connectivity index (χ2v) is 6.09. The smallest absolute Gasteiger partial charge is 0.416 e. The van der Waals surface area contributed by atoms with Crippen LogP contribution in [-0.2, 0) is 15.8 Å². The zero-order valence-corrected chi connectivity index (χ0v) is 13.3. The minimum absolute atomic E-state index is 0.00268. The molecular formula is C17H18F3NO3. The minimum Gasteiger partial charge on any atom is -0.481 e. The predicted octanol–water partition coefficient (Wildman–Crippen LogP) is 4.09. The number of nitrogens with one attached hydrogen (secondary N) is 1. The Hall–Kier alpha value is -2.31. The van der Waals surface area contributed by atoms with Gasteiger partial charge in [0.1, 0.15) is 0 Å². The highest BCUT2D eigenvalue weighted by Crippen LogP contribution is 2.35. The Kier molecular flexibility index (Phi) is 5.01. The van der Waals surface area contributed by atoms with Crippen LogP contribution in [0.4, 0.5) is 18.9 Å². The number of hydrogen-bond acceptors (Lipinski definition) is 2. The molecule has 0 aromatic heterocycles. The van der Waals surface area contributed by atoms with E-state index in [1.807, 2.05) is 13.8 Å². The van der Waals surface area contributed by atoms with Gasteiger partial charge in [0.2, 0.25) is 5.91 Å². The van der Waals surface area contributed by atoms with E-state index in [0.717, 1.165) is 23.3 Å². The largest absolute Gasteiger partial charge is 0.481 e. The van der Waals surface area contributed by atoms with E-state index >= 15 is 0 Å². The van der Waals surface area contributed by atoms with Crippen molar-refractivity contribution in [2.45, 2.75) is 32.9 Å². The van der Waals surface area contributed by atoms with Crippen LogP contribution in [0.2, 0.25) is 0 Å². The van der Waals surface area contributed by atoms with E-state index in [2.05, 4.69) is 5.32 Å². The highest BCUT2D eigenvalue weighted by atomic mass is 19.4. The van der Waals surface area contributed by atoms with Crippen molar-refractivity contribution in [3.8, 4) is 0 Å². The maximum Gasteiger partial charge on any atom is 0.416 e. The number of amides is 1. The lowest BCUT2D eigenvalue weighted by molar-refractivity contribution is -0.146. The zero-order chi connectivity index (χ0) is 18.1. The summed E-state index contributed by atoms with van der Waals surface area (Å²) in [6, 6.07) is 4.29. The highest BCUT2D eigenvalue weighted by molar-refractivity contribution is 5.95. The number of carboxylic acids is 1. The number of anilines is 1. The number of carbonyl (C=O) groups is 2. The molecule has 130 valence electrons. The molecule has 1 aliphatic rings. The topological polar surface area (TPSA) is 66.4 Å². The Bertz CT molecular complexity index is 695. The molecule has 0 spiro atoms. The molecule has 2 N–H and O–H groups in total. The third-order valence-electron chi connectivity index (χ3n) is 4.38. The molecule has 7 heteroatoms. The van der Waals surface area contributed by atoms with Gasteiger partial charge in [-0.15, -0.1) is 0 Å². The summed E-state index contributed by atoms with van der Waals surface area (Å²) in [6.45, 7) is 3.66. The van der Waals surface area contributed by atoms with Gasteiger partial charge in [-0.1, -0.05) is 17.2 Å². The summed E-state index contributed by atoms with van der Waals surface area (Å²) in [5, 5.41) is 11.7. The van der Waals surface area contributed by atoms with Crippen LogP contribution in [0.5, 0.6) is 0 Å². The van der Waals surface area contributed by atoms with E-state index in [-0.39, 0.29) is 18.5 Å². The fourth-order valence-corrected chi connectivity index (χ4v) is 2.84. The summed E-state index contributed by atoms with van der Waals surface area (Å²) < 4.78 is 38.2. The Morgan fingerprint density at radius 1 is 1.12 bits per heavy atom. The Labute approximate surface area is 137 Å². The molecule has 0 saturated carbocycles. The molecule has 0 heterocycles. The molecule has 0 aliphatic heterocycles. The van der Waals surface area contributed by atoms with Crippen molar-refractivity contribution in [1.82, 2.24) is 0 Å². The van der Waals surface area contributed by atoms with Gasteiger partial charge in [0.15, 0.2) is 0 Å². The average molecular weight is 341 g/mol. The third kappa shape index (κ3) is 3.96. The van der Waals surface area contributed by atoms with Gasteiger partial charge in [-0.3, -0.25) is 9.59 Å². The first-order chi connectivity index (χ1) is 11.1. The van der Waals surface area contributed by atoms with E-state index in [4.69, 9.17) is 0 Å². The summed E-state index contributed by atoms with van der Waals surface area (Å²) in [5.74, 6) is -3.33. The molecule has 1 aliphatic carbocycles. The minimum atomic E-state index is -4.51. The molecule has 24 heavy (non-hydrogen) atoms. The van der Waals surface area contributed by atoms with Crippen LogP contribution in [0.25, 0.3) is 0 Å². The van der Waals surface area contributed by atoms with Gasteiger partial charge in [0, 0.05) is 5.69 Å². The van der Waals surface area contributed by atoms with Gasteiger partial charge in [0.05, 0.1) is 17.4 Å². The SMILES string of the molecule is CC1=C(C)C[C@@H](C(=O)O)[C@@H](C(=O)Nc2cccc(C(F)(F)F)c2)C1. The van der Waals surface area contributed by atoms with E-state index < -0.39 is 35.5 Å². The van der Waals surface area contributed by atoms with Gasteiger partial charge in [0.25, 0.3) is 0 Å². The first-order valence-electron chi connectivity index (χ1n) is 7.45. The lowest BCUT2D eigenvalue weighted by Crippen LogP contribution is -2.36. The Balaban J connectivity index is 2.21. The van der Waals surface area contributed by atoms with Crippen molar-refractivity contribution < 1.29 is 27.9 Å². The van der Waals surface area contributed by atoms with Crippen molar-refractivity contribution in [3.05, 3.63) is 41.0 Å². The highest BCUT2D eigenvalue weighted by Gasteiger charge is 2.37. The number of halogens is 3. The molecule has 2 rings (SSSR count). The average Bonchev–Trinajstić information content (AvgIpc) is 2.48. The number of rotatable bonds is 3. The van der Waals surface area contributed by atoms with E-state index in [1.54, 1.807) is 0 Å². The molecule has 2 atom stereocenters. The quantitative estimate of drug-likeness (QED) is 0.814. The molecule has 0 radical (unpaired) electrons. The molecule has 1 aromatic carbocycles. The number of carbonyl (C=O) groups excluding carboxylic acids is 1. The number of carboxylic acid groups (broad SMARTS) is 1.